The maximum Gasteiger partial charge on any atom is 0.118 e. The highest BCUT2D eigenvalue weighted by molar-refractivity contribution is 5.27. The van der Waals surface area contributed by atoms with Crippen molar-refractivity contribution in [2.45, 2.75) is 13.3 Å². The van der Waals surface area contributed by atoms with Gasteiger partial charge in [-0.15, -0.1) is 0 Å². The Morgan fingerprint density at radius 2 is 1.94 bits per heavy atom. The summed E-state index contributed by atoms with van der Waals surface area (Å²) >= 11 is 0. The van der Waals surface area contributed by atoms with Crippen molar-refractivity contribution in [2.24, 2.45) is 5.92 Å². The molecule has 0 saturated heterocycles. The van der Waals surface area contributed by atoms with Crippen LogP contribution >= 0.6 is 0 Å². The predicted molar refractivity (Wildman–Crippen MR) is 63.8 cm³/mol. The first-order valence-corrected chi connectivity index (χ1v) is 5.61. The van der Waals surface area contributed by atoms with Crippen LogP contribution in [-0.4, -0.2) is 32.0 Å². The van der Waals surface area contributed by atoms with Crippen LogP contribution in [0.15, 0.2) is 24.3 Å². The van der Waals surface area contributed by atoms with Crippen LogP contribution in [0.3, 0.4) is 0 Å². The molecule has 16 heavy (non-hydrogen) atoms. The van der Waals surface area contributed by atoms with E-state index in [9.17, 15) is 5.11 Å². The summed E-state index contributed by atoms with van der Waals surface area (Å²) in [5, 5.41) is 9.21. The molecular formula is C13H20O3. The topological polar surface area (TPSA) is 38.7 Å². The Morgan fingerprint density at radius 1 is 1.25 bits per heavy atom. The van der Waals surface area contributed by atoms with E-state index in [0.717, 1.165) is 12.2 Å². The molecule has 0 fully saturated rings. The van der Waals surface area contributed by atoms with Crippen molar-refractivity contribution in [3.63, 3.8) is 0 Å². The second-order valence-electron chi connectivity index (χ2n) is 3.76. The summed E-state index contributed by atoms with van der Waals surface area (Å²) in [4.78, 5) is 0. The molecule has 90 valence electrons. The molecule has 3 heteroatoms. The van der Waals surface area contributed by atoms with Crippen LogP contribution in [0.25, 0.3) is 0 Å². The van der Waals surface area contributed by atoms with E-state index in [1.165, 1.54) is 5.56 Å². The van der Waals surface area contributed by atoms with Crippen LogP contribution < -0.4 is 4.74 Å². The lowest BCUT2D eigenvalue weighted by Crippen LogP contribution is -2.16. The number of hydrogen-bond donors (Lipinski definition) is 1. The van der Waals surface area contributed by atoms with Gasteiger partial charge in [-0.2, -0.15) is 0 Å². The molecule has 0 radical (unpaired) electrons. The van der Waals surface area contributed by atoms with Crippen LogP contribution in [0.5, 0.6) is 5.75 Å². The van der Waals surface area contributed by atoms with Gasteiger partial charge in [0.05, 0.1) is 13.7 Å². The third-order valence-corrected chi connectivity index (χ3v) is 2.50. The van der Waals surface area contributed by atoms with Crippen molar-refractivity contribution < 1.29 is 14.6 Å². The maximum absolute atomic E-state index is 9.21. The standard InChI is InChI=1S/C13H20O3/c1-3-16-10-12(9-14)8-11-4-6-13(15-2)7-5-11/h4-7,12,14H,3,8-10H2,1-2H3. The van der Waals surface area contributed by atoms with Gasteiger partial charge in [0.25, 0.3) is 0 Å². The van der Waals surface area contributed by atoms with E-state index < -0.39 is 0 Å². The summed E-state index contributed by atoms with van der Waals surface area (Å²) in [5.41, 5.74) is 1.19. The Balaban J connectivity index is 2.49. The molecule has 1 aromatic rings. The molecule has 0 aromatic heterocycles. The zero-order valence-corrected chi connectivity index (χ0v) is 9.98. The molecule has 0 aliphatic rings. The lowest BCUT2D eigenvalue weighted by molar-refractivity contribution is 0.0810. The quantitative estimate of drug-likeness (QED) is 0.768. The highest BCUT2D eigenvalue weighted by Crippen LogP contribution is 2.14. The number of aliphatic hydroxyl groups excluding tert-OH is 1. The summed E-state index contributed by atoms with van der Waals surface area (Å²) in [5.74, 6) is 1.03. The zero-order valence-electron chi connectivity index (χ0n) is 9.98. The first kappa shape index (κ1) is 13.0. The smallest absolute Gasteiger partial charge is 0.118 e. The molecule has 0 heterocycles. The van der Waals surface area contributed by atoms with Crippen LogP contribution in [0, 0.1) is 5.92 Å². The fraction of sp³-hybridized carbons (Fsp3) is 0.538. The van der Waals surface area contributed by atoms with E-state index in [4.69, 9.17) is 9.47 Å². The molecule has 1 rings (SSSR count). The van der Waals surface area contributed by atoms with Crippen molar-refractivity contribution in [3.8, 4) is 5.75 Å². The van der Waals surface area contributed by atoms with Crippen LogP contribution in [0.2, 0.25) is 0 Å². The van der Waals surface area contributed by atoms with Gasteiger partial charge in [0.2, 0.25) is 0 Å². The molecule has 1 unspecified atom stereocenters. The molecular weight excluding hydrogens is 204 g/mol. The highest BCUT2D eigenvalue weighted by Gasteiger charge is 2.08. The van der Waals surface area contributed by atoms with Gasteiger partial charge in [-0.3, -0.25) is 0 Å². The number of benzene rings is 1. The van der Waals surface area contributed by atoms with Gasteiger partial charge < -0.3 is 14.6 Å². The molecule has 0 aliphatic heterocycles. The van der Waals surface area contributed by atoms with Crippen LogP contribution in [0.4, 0.5) is 0 Å². The first-order valence-electron chi connectivity index (χ1n) is 5.61. The lowest BCUT2D eigenvalue weighted by atomic mass is 10.0. The van der Waals surface area contributed by atoms with E-state index in [1.807, 2.05) is 31.2 Å². The van der Waals surface area contributed by atoms with E-state index >= 15 is 0 Å². The largest absolute Gasteiger partial charge is 0.497 e. The van der Waals surface area contributed by atoms with Crippen LogP contribution in [0.1, 0.15) is 12.5 Å². The summed E-state index contributed by atoms with van der Waals surface area (Å²) in [6.45, 7) is 3.42. The Bertz CT molecular complexity index is 282. The predicted octanol–water partition coefficient (Wildman–Crippen LogP) is 1.88. The van der Waals surface area contributed by atoms with Crippen molar-refractivity contribution in [1.29, 1.82) is 0 Å². The highest BCUT2D eigenvalue weighted by atomic mass is 16.5. The van der Waals surface area contributed by atoms with Gasteiger partial charge >= 0.3 is 0 Å². The van der Waals surface area contributed by atoms with Crippen LogP contribution in [-0.2, 0) is 11.2 Å². The number of methoxy groups -OCH3 is 1. The number of hydrogen-bond acceptors (Lipinski definition) is 3. The van der Waals surface area contributed by atoms with E-state index in [-0.39, 0.29) is 12.5 Å². The molecule has 0 aliphatic carbocycles. The molecule has 0 bridgehead atoms. The zero-order chi connectivity index (χ0) is 11.8. The molecule has 1 N–H and O–H groups in total. The maximum atomic E-state index is 9.21. The van der Waals surface area contributed by atoms with Crippen molar-refractivity contribution >= 4 is 0 Å². The second-order valence-corrected chi connectivity index (χ2v) is 3.76. The van der Waals surface area contributed by atoms with E-state index in [2.05, 4.69) is 0 Å². The average molecular weight is 224 g/mol. The molecule has 3 nitrogen and oxygen atoms in total. The number of aliphatic hydroxyl groups is 1. The third kappa shape index (κ3) is 4.21. The summed E-state index contributed by atoms with van der Waals surface area (Å²) in [6.07, 6.45) is 0.834. The van der Waals surface area contributed by atoms with Crippen molar-refractivity contribution in [1.82, 2.24) is 0 Å². The molecule has 0 saturated carbocycles. The number of rotatable bonds is 7. The number of ether oxygens (including phenoxy) is 2. The fourth-order valence-electron chi connectivity index (χ4n) is 1.56. The fourth-order valence-corrected chi connectivity index (χ4v) is 1.56. The minimum atomic E-state index is 0.159. The van der Waals surface area contributed by atoms with E-state index in [1.54, 1.807) is 7.11 Å². The first-order chi connectivity index (χ1) is 7.80. The Hall–Kier alpha value is -1.06. The monoisotopic (exact) mass is 224 g/mol. The van der Waals surface area contributed by atoms with Gasteiger partial charge in [0, 0.05) is 19.1 Å². The van der Waals surface area contributed by atoms with Gasteiger partial charge in [-0.25, -0.2) is 0 Å². The second kappa shape index (κ2) is 7.25. The Labute approximate surface area is 97.0 Å². The van der Waals surface area contributed by atoms with Crippen molar-refractivity contribution in [3.05, 3.63) is 29.8 Å². The van der Waals surface area contributed by atoms with Gasteiger partial charge in [0.15, 0.2) is 0 Å². The summed E-state index contributed by atoms with van der Waals surface area (Å²) in [6, 6.07) is 7.91. The van der Waals surface area contributed by atoms with E-state index in [0.29, 0.717) is 13.2 Å². The van der Waals surface area contributed by atoms with Gasteiger partial charge in [0.1, 0.15) is 5.75 Å². The molecule has 1 atom stereocenters. The Morgan fingerprint density at radius 3 is 2.44 bits per heavy atom. The molecule has 0 spiro atoms. The molecule has 0 amide bonds. The minimum Gasteiger partial charge on any atom is -0.497 e. The van der Waals surface area contributed by atoms with Gasteiger partial charge in [-0.05, 0) is 31.0 Å². The summed E-state index contributed by atoms with van der Waals surface area (Å²) in [7, 11) is 1.65. The average Bonchev–Trinajstić information content (AvgIpc) is 2.35. The van der Waals surface area contributed by atoms with Crippen molar-refractivity contribution in [2.75, 3.05) is 26.9 Å². The lowest BCUT2D eigenvalue weighted by Gasteiger charge is -2.14. The normalized spacial score (nSPS) is 12.4. The Kier molecular flexibility index (Phi) is 5.90. The summed E-state index contributed by atoms with van der Waals surface area (Å²) < 4.78 is 10.4. The van der Waals surface area contributed by atoms with Gasteiger partial charge in [-0.1, -0.05) is 12.1 Å². The molecule has 1 aromatic carbocycles. The SMILES string of the molecule is CCOCC(CO)Cc1ccc(OC)cc1. The third-order valence-electron chi connectivity index (χ3n) is 2.50. The minimum absolute atomic E-state index is 0.159.